The molecule has 7 nitrogen and oxygen atoms in total. The first-order chi connectivity index (χ1) is 20.5. The Labute approximate surface area is 244 Å². The predicted octanol–water partition coefficient (Wildman–Crippen LogP) is 4.55. The van der Waals surface area contributed by atoms with Crippen LogP contribution in [0.4, 0.5) is 0 Å². The van der Waals surface area contributed by atoms with E-state index < -0.39 is 17.1 Å². The molecule has 1 saturated carbocycles. The van der Waals surface area contributed by atoms with Crippen LogP contribution in [0, 0.1) is 5.92 Å². The number of aliphatic hydroxyl groups is 1. The summed E-state index contributed by atoms with van der Waals surface area (Å²) in [5.74, 6) is 1.31. The second-order valence-electron chi connectivity index (χ2n) is 13.2. The lowest BCUT2D eigenvalue weighted by molar-refractivity contribution is -0.173. The summed E-state index contributed by atoms with van der Waals surface area (Å²) in [6.07, 6.45) is 4.92. The van der Waals surface area contributed by atoms with Gasteiger partial charge in [-0.15, -0.1) is 0 Å². The van der Waals surface area contributed by atoms with Crippen LogP contribution in [0.1, 0.15) is 63.7 Å². The highest BCUT2D eigenvalue weighted by atomic mass is 16.5. The number of aromatic amines is 1. The first-order valence-electron chi connectivity index (χ1n) is 15.4. The van der Waals surface area contributed by atoms with Crippen LogP contribution in [-0.4, -0.2) is 57.3 Å². The second kappa shape index (κ2) is 8.62. The van der Waals surface area contributed by atoms with Gasteiger partial charge in [0, 0.05) is 47.6 Å². The highest BCUT2D eigenvalue weighted by Gasteiger charge is 2.72. The van der Waals surface area contributed by atoms with E-state index in [4.69, 9.17) is 4.74 Å². The number of nitrogens with one attached hydrogen (secondary N) is 2. The van der Waals surface area contributed by atoms with Gasteiger partial charge < -0.3 is 25.3 Å². The number of piperidine rings is 1. The molecular weight excluding hydrogens is 526 g/mol. The molecule has 3 aromatic carbocycles. The van der Waals surface area contributed by atoms with Crippen molar-refractivity contribution in [3.8, 4) is 11.5 Å². The first-order valence-corrected chi connectivity index (χ1v) is 15.4. The molecule has 0 unspecified atom stereocenters. The number of carbonyl (C=O) groups is 1. The Balaban J connectivity index is 1.12. The molecule has 2 bridgehead atoms. The van der Waals surface area contributed by atoms with E-state index in [1.807, 2.05) is 42.5 Å². The van der Waals surface area contributed by atoms with Gasteiger partial charge in [-0.25, -0.2) is 0 Å². The molecule has 1 saturated heterocycles. The van der Waals surface area contributed by atoms with Gasteiger partial charge in [0.2, 0.25) is 0 Å². The number of aromatic nitrogens is 1. The van der Waals surface area contributed by atoms with Gasteiger partial charge in [-0.05, 0) is 85.5 Å². The number of phenolic OH excluding ortho intramolecular Hbond substituents is 1. The number of aromatic hydroxyl groups is 1. The lowest BCUT2D eigenvalue weighted by Gasteiger charge is -2.62. The molecule has 7 heteroatoms. The van der Waals surface area contributed by atoms with Crippen molar-refractivity contribution in [3.63, 3.8) is 0 Å². The van der Waals surface area contributed by atoms with Crippen molar-refractivity contribution >= 4 is 16.8 Å². The number of hydrogen-bond acceptors (Lipinski definition) is 5. The van der Waals surface area contributed by atoms with E-state index in [-0.39, 0.29) is 17.7 Å². The molecule has 4 N–H and O–H groups in total. The molecule has 214 valence electrons. The fourth-order valence-electron chi connectivity index (χ4n) is 8.83. The van der Waals surface area contributed by atoms with Gasteiger partial charge in [-0.3, -0.25) is 9.69 Å². The van der Waals surface area contributed by atoms with E-state index in [2.05, 4.69) is 27.3 Å². The van der Waals surface area contributed by atoms with Crippen LogP contribution in [0.5, 0.6) is 11.5 Å². The van der Waals surface area contributed by atoms with E-state index in [0.29, 0.717) is 24.3 Å². The zero-order chi connectivity index (χ0) is 28.2. The SMILES string of the molecule is O=C(NCCc1ccccc1)c1ccc2[nH]c3c(c2c1)C[C@@]1(O)[C@@H]2Cc4ccc(O)c5c4[C@@]1(CCN2CC1CC1)[C@H]3O5. The number of nitrogens with zero attached hydrogens (tertiary/aromatic N) is 1. The van der Waals surface area contributed by atoms with Gasteiger partial charge in [0.05, 0.1) is 16.7 Å². The number of rotatable bonds is 6. The van der Waals surface area contributed by atoms with Gasteiger partial charge in [0.1, 0.15) is 0 Å². The monoisotopic (exact) mass is 561 g/mol. The smallest absolute Gasteiger partial charge is 0.251 e. The summed E-state index contributed by atoms with van der Waals surface area (Å²) in [7, 11) is 0. The molecule has 1 spiro atoms. The number of hydrogen-bond donors (Lipinski definition) is 4. The number of fused-ring (bicyclic) bond motifs is 4. The van der Waals surface area contributed by atoms with Crippen LogP contribution < -0.4 is 10.1 Å². The predicted molar refractivity (Wildman–Crippen MR) is 159 cm³/mol. The lowest BCUT2D eigenvalue weighted by atomic mass is 9.49. The fraction of sp³-hybridized carbons (Fsp3) is 0.400. The zero-order valence-electron chi connectivity index (χ0n) is 23.5. The van der Waals surface area contributed by atoms with Crippen molar-refractivity contribution in [1.82, 2.24) is 15.2 Å². The number of amides is 1. The van der Waals surface area contributed by atoms with Gasteiger partial charge in [0.25, 0.3) is 5.91 Å². The molecule has 3 aliphatic carbocycles. The van der Waals surface area contributed by atoms with Crippen LogP contribution in [-0.2, 0) is 24.7 Å². The molecule has 5 aliphatic rings. The Morgan fingerprint density at radius 1 is 1.12 bits per heavy atom. The fourth-order valence-corrected chi connectivity index (χ4v) is 8.83. The minimum absolute atomic E-state index is 0.0245. The Morgan fingerprint density at radius 2 is 1.98 bits per heavy atom. The number of phenols is 1. The van der Waals surface area contributed by atoms with Gasteiger partial charge in [-0.1, -0.05) is 36.4 Å². The third kappa shape index (κ3) is 3.26. The van der Waals surface area contributed by atoms with Crippen LogP contribution >= 0.6 is 0 Å². The first kappa shape index (κ1) is 24.8. The molecule has 0 radical (unpaired) electrons. The van der Waals surface area contributed by atoms with Gasteiger partial charge in [0.15, 0.2) is 17.6 Å². The van der Waals surface area contributed by atoms with Crippen molar-refractivity contribution in [2.45, 2.75) is 61.7 Å². The normalized spacial score (nSPS) is 28.7. The molecule has 3 heterocycles. The van der Waals surface area contributed by atoms with Crippen LogP contribution in [0.15, 0.2) is 60.7 Å². The summed E-state index contributed by atoms with van der Waals surface area (Å²) in [5, 5.41) is 28.0. The van der Waals surface area contributed by atoms with E-state index in [1.165, 1.54) is 24.0 Å². The Bertz CT molecular complexity index is 1760. The second-order valence-corrected chi connectivity index (χ2v) is 13.2. The molecule has 1 aromatic heterocycles. The molecule has 4 aromatic rings. The Hall–Kier alpha value is -3.81. The highest BCUT2D eigenvalue weighted by Crippen LogP contribution is 2.69. The average Bonchev–Trinajstić information content (AvgIpc) is 3.64. The summed E-state index contributed by atoms with van der Waals surface area (Å²) < 4.78 is 6.69. The van der Waals surface area contributed by atoms with Crippen LogP contribution in [0.2, 0.25) is 0 Å². The van der Waals surface area contributed by atoms with E-state index in [0.717, 1.165) is 66.0 Å². The zero-order valence-corrected chi connectivity index (χ0v) is 23.5. The minimum atomic E-state index is -1.05. The lowest BCUT2D eigenvalue weighted by Crippen LogP contribution is -2.74. The Kier molecular flexibility index (Phi) is 5.08. The standard InChI is InChI=1S/C35H35N3O4/c39-27-11-9-22-17-28-35(41)18-25-24-16-23(33(40)36-14-12-20-4-2-1-3-5-20)8-10-26(24)37-30(25)32-34(35,29(22)31(27)42-32)13-15-38(28)19-21-6-7-21/h1-5,8-11,16,21,28,32,37,39,41H,6-7,12-15,17-19H2,(H,36,40)/t28-,32-,34-,35+/m0/s1. The molecule has 42 heavy (non-hydrogen) atoms. The summed E-state index contributed by atoms with van der Waals surface area (Å²) >= 11 is 0. The summed E-state index contributed by atoms with van der Waals surface area (Å²) in [5.41, 5.74) is 5.27. The van der Waals surface area contributed by atoms with E-state index in [9.17, 15) is 15.0 Å². The maximum Gasteiger partial charge on any atom is 0.251 e. The van der Waals surface area contributed by atoms with Gasteiger partial charge >= 0.3 is 0 Å². The number of carbonyl (C=O) groups excluding carboxylic acids is 1. The molecule has 2 fully saturated rings. The van der Waals surface area contributed by atoms with Crippen molar-refractivity contribution < 1.29 is 19.7 Å². The minimum Gasteiger partial charge on any atom is -0.504 e. The number of H-pyrrole nitrogens is 1. The third-order valence-electron chi connectivity index (χ3n) is 11.0. The van der Waals surface area contributed by atoms with Crippen LogP contribution in [0.3, 0.4) is 0 Å². The van der Waals surface area contributed by atoms with E-state index in [1.54, 1.807) is 6.07 Å². The number of likely N-dealkylation sites (tertiary alicyclic amines) is 1. The summed E-state index contributed by atoms with van der Waals surface area (Å²) in [6.45, 7) is 2.51. The molecule has 4 atom stereocenters. The topological polar surface area (TPSA) is 97.8 Å². The van der Waals surface area contributed by atoms with Crippen molar-refractivity contribution in [2.24, 2.45) is 5.92 Å². The Morgan fingerprint density at radius 3 is 2.81 bits per heavy atom. The number of benzene rings is 3. The van der Waals surface area contributed by atoms with Crippen molar-refractivity contribution in [1.29, 1.82) is 0 Å². The van der Waals surface area contributed by atoms with Crippen molar-refractivity contribution in [2.75, 3.05) is 19.6 Å². The third-order valence-corrected chi connectivity index (χ3v) is 11.0. The summed E-state index contributed by atoms with van der Waals surface area (Å²) in [6, 6.07) is 19.7. The largest absolute Gasteiger partial charge is 0.504 e. The van der Waals surface area contributed by atoms with Crippen LogP contribution in [0.25, 0.3) is 10.9 Å². The molecule has 9 rings (SSSR count). The number of ether oxygens (including phenoxy) is 1. The maximum atomic E-state index is 13.2. The molecule has 2 aliphatic heterocycles. The highest BCUT2D eigenvalue weighted by molar-refractivity contribution is 5.99. The quantitative estimate of drug-likeness (QED) is 0.277. The van der Waals surface area contributed by atoms with Crippen molar-refractivity contribution in [3.05, 3.63) is 94.2 Å². The van der Waals surface area contributed by atoms with E-state index >= 15 is 0 Å². The molecule has 1 amide bonds. The van der Waals surface area contributed by atoms with Gasteiger partial charge in [-0.2, -0.15) is 0 Å². The summed E-state index contributed by atoms with van der Waals surface area (Å²) in [4.78, 5) is 19.4. The maximum absolute atomic E-state index is 13.2. The average molecular weight is 562 g/mol. The molecular formula is C35H35N3O4.